The first-order valence-electron chi connectivity index (χ1n) is 5.11. The quantitative estimate of drug-likeness (QED) is 0.365. The van der Waals surface area contributed by atoms with Crippen LogP contribution in [0.2, 0.25) is 0 Å². The lowest BCUT2D eigenvalue weighted by Gasteiger charge is -2.05. The van der Waals surface area contributed by atoms with Gasteiger partial charge in [0.2, 0.25) is 0 Å². The number of hydrogen-bond acceptors (Lipinski definition) is 2. The van der Waals surface area contributed by atoms with Gasteiger partial charge in [-0.2, -0.15) is 18.0 Å². The number of carbonyl (C=O) groups excluding carboxylic acids is 1. The molecule has 0 aliphatic rings. The summed E-state index contributed by atoms with van der Waals surface area (Å²) in [6.45, 7) is -0.0775. The second kappa shape index (κ2) is 6.51. The average molecular weight is 270 g/mol. The molecule has 0 bridgehead atoms. The van der Waals surface area contributed by atoms with Gasteiger partial charge in [0.15, 0.2) is 0 Å². The van der Waals surface area contributed by atoms with Crippen LogP contribution in [-0.2, 0) is 15.7 Å². The molecule has 0 spiro atoms. The Morgan fingerprint density at radius 3 is 2.47 bits per heavy atom. The molecule has 4 nitrogen and oxygen atoms in total. The van der Waals surface area contributed by atoms with E-state index < -0.39 is 17.7 Å². The van der Waals surface area contributed by atoms with Crippen LogP contribution in [0.15, 0.2) is 30.3 Å². The fourth-order valence-corrected chi connectivity index (χ4v) is 1.18. The lowest BCUT2D eigenvalue weighted by Crippen LogP contribution is -2.05. The molecule has 0 fully saturated rings. The van der Waals surface area contributed by atoms with E-state index in [0.717, 1.165) is 12.1 Å². The Hall–Kier alpha value is -2.40. The van der Waals surface area contributed by atoms with E-state index >= 15 is 0 Å². The Balaban J connectivity index is 2.54. The lowest BCUT2D eigenvalue weighted by molar-refractivity contribution is -0.138. The molecule has 0 N–H and O–H groups in total. The number of rotatable bonds is 4. The number of carbonyl (C=O) groups is 1. The standard InChI is InChI=1S/C12H9F3N2O2/c13-12(14,15)10-5-3-9(4-6-10)2-1-7-19-11(18)8-17-16/h1-6,8H,7H2/b2-1+. The summed E-state index contributed by atoms with van der Waals surface area (Å²) in [5.41, 5.74) is 7.84. The van der Waals surface area contributed by atoms with E-state index in [0.29, 0.717) is 11.8 Å². The van der Waals surface area contributed by atoms with Crippen LogP contribution in [0.1, 0.15) is 11.1 Å². The van der Waals surface area contributed by atoms with Crippen molar-refractivity contribution in [2.45, 2.75) is 6.18 Å². The predicted molar refractivity (Wildman–Crippen MR) is 61.1 cm³/mol. The van der Waals surface area contributed by atoms with Gasteiger partial charge in [0.1, 0.15) is 6.61 Å². The third kappa shape index (κ3) is 5.18. The van der Waals surface area contributed by atoms with Gasteiger partial charge in [0.25, 0.3) is 0 Å². The van der Waals surface area contributed by atoms with Crippen molar-refractivity contribution in [1.82, 2.24) is 0 Å². The molecule has 0 atom stereocenters. The van der Waals surface area contributed by atoms with Crippen molar-refractivity contribution in [1.29, 1.82) is 0 Å². The Kier molecular flexibility index (Phi) is 5.02. The van der Waals surface area contributed by atoms with Gasteiger partial charge in [0, 0.05) is 0 Å². The summed E-state index contributed by atoms with van der Waals surface area (Å²) in [5.74, 6) is -0.820. The van der Waals surface area contributed by atoms with Crippen molar-refractivity contribution < 1.29 is 27.5 Å². The van der Waals surface area contributed by atoms with E-state index in [1.165, 1.54) is 24.3 Å². The molecule has 1 rings (SSSR count). The highest BCUT2D eigenvalue weighted by molar-refractivity contribution is 6.20. The topological polar surface area (TPSA) is 62.7 Å². The van der Waals surface area contributed by atoms with Gasteiger partial charge in [-0.15, -0.1) is 0 Å². The number of nitrogens with zero attached hydrogens (tertiary/aromatic N) is 2. The number of alkyl halides is 3. The molecule has 0 saturated heterocycles. The van der Waals surface area contributed by atoms with Crippen molar-refractivity contribution >= 4 is 18.3 Å². The molecule has 19 heavy (non-hydrogen) atoms. The van der Waals surface area contributed by atoms with Gasteiger partial charge in [-0.25, -0.2) is 4.79 Å². The Labute approximate surface area is 106 Å². The van der Waals surface area contributed by atoms with Crippen molar-refractivity contribution in [2.75, 3.05) is 6.61 Å². The maximum Gasteiger partial charge on any atom is 0.416 e. The SMILES string of the molecule is [N-]=[N+]=CC(=O)OC/C=C/c1ccc(C(F)(F)F)cc1. The van der Waals surface area contributed by atoms with Crippen LogP contribution < -0.4 is 0 Å². The van der Waals surface area contributed by atoms with Crippen LogP contribution in [0.5, 0.6) is 0 Å². The summed E-state index contributed by atoms with van der Waals surface area (Å²) in [7, 11) is 0. The third-order valence-corrected chi connectivity index (χ3v) is 2.03. The second-order valence-corrected chi connectivity index (χ2v) is 3.40. The van der Waals surface area contributed by atoms with Gasteiger partial charge < -0.3 is 10.3 Å². The van der Waals surface area contributed by atoms with Crippen molar-refractivity contribution in [3.8, 4) is 0 Å². The zero-order chi connectivity index (χ0) is 14.3. The van der Waals surface area contributed by atoms with Crippen molar-refractivity contribution in [3.05, 3.63) is 47.0 Å². The minimum atomic E-state index is -4.36. The Morgan fingerprint density at radius 1 is 1.32 bits per heavy atom. The molecule has 100 valence electrons. The highest BCUT2D eigenvalue weighted by atomic mass is 19.4. The molecular weight excluding hydrogens is 261 g/mol. The summed E-state index contributed by atoms with van der Waals surface area (Å²) < 4.78 is 41.4. The van der Waals surface area contributed by atoms with E-state index in [1.807, 2.05) is 0 Å². The first-order chi connectivity index (χ1) is 8.93. The normalized spacial score (nSPS) is 11.1. The molecular formula is C12H9F3N2O2. The molecule has 0 unspecified atom stereocenters. The predicted octanol–water partition coefficient (Wildman–Crippen LogP) is 2.56. The molecule has 1 aromatic rings. The molecule has 0 aliphatic carbocycles. The average Bonchev–Trinajstić information content (AvgIpc) is 2.34. The van der Waals surface area contributed by atoms with Crippen molar-refractivity contribution in [2.24, 2.45) is 0 Å². The van der Waals surface area contributed by atoms with Gasteiger partial charge in [-0.3, -0.25) is 0 Å². The number of ether oxygens (including phenoxy) is 1. The molecule has 0 radical (unpaired) electrons. The van der Waals surface area contributed by atoms with Crippen LogP contribution in [0.3, 0.4) is 0 Å². The van der Waals surface area contributed by atoms with Crippen molar-refractivity contribution in [3.63, 3.8) is 0 Å². The molecule has 0 aromatic heterocycles. The first kappa shape index (κ1) is 14.7. The fraction of sp³-hybridized carbons (Fsp3) is 0.167. The summed E-state index contributed by atoms with van der Waals surface area (Å²) in [5, 5.41) is 0. The van der Waals surface area contributed by atoms with Gasteiger partial charge in [-0.05, 0) is 23.8 Å². The third-order valence-electron chi connectivity index (χ3n) is 2.03. The Morgan fingerprint density at radius 2 is 1.95 bits per heavy atom. The maximum atomic E-state index is 12.3. The highest BCUT2D eigenvalue weighted by Crippen LogP contribution is 2.29. The number of halogens is 3. The zero-order valence-corrected chi connectivity index (χ0v) is 9.59. The second-order valence-electron chi connectivity index (χ2n) is 3.40. The van der Waals surface area contributed by atoms with Crippen LogP contribution >= 0.6 is 0 Å². The smallest absolute Gasteiger partial charge is 0.416 e. The lowest BCUT2D eigenvalue weighted by atomic mass is 10.1. The number of benzene rings is 1. The molecule has 1 aromatic carbocycles. The van der Waals surface area contributed by atoms with Crippen LogP contribution in [0.25, 0.3) is 11.6 Å². The van der Waals surface area contributed by atoms with E-state index in [9.17, 15) is 18.0 Å². The minimum Gasteiger partial charge on any atom is -0.453 e. The van der Waals surface area contributed by atoms with Gasteiger partial charge >= 0.3 is 18.4 Å². The van der Waals surface area contributed by atoms with Crippen LogP contribution in [-0.4, -0.2) is 23.6 Å². The highest BCUT2D eigenvalue weighted by Gasteiger charge is 2.29. The maximum absolute atomic E-state index is 12.3. The van der Waals surface area contributed by atoms with E-state index in [1.54, 1.807) is 0 Å². The molecule has 0 heterocycles. The van der Waals surface area contributed by atoms with Crippen LogP contribution in [0, 0.1) is 0 Å². The van der Waals surface area contributed by atoms with Gasteiger partial charge in [-0.1, -0.05) is 18.2 Å². The van der Waals surface area contributed by atoms with E-state index in [4.69, 9.17) is 5.53 Å². The summed E-state index contributed by atoms with van der Waals surface area (Å²) in [6.07, 6.45) is -0.817. The van der Waals surface area contributed by atoms with Gasteiger partial charge in [0.05, 0.1) is 5.56 Å². The van der Waals surface area contributed by atoms with E-state index in [-0.39, 0.29) is 6.61 Å². The first-order valence-corrected chi connectivity index (χ1v) is 5.11. The molecule has 0 aliphatic heterocycles. The Bertz CT molecular complexity index is 515. The molecule has 0 amide bonds. The number of hydrogen-bond donors (Lipinski definition) is 0. The molecule has 7 heteroatoms. The van der Waals surface area contributed by atoms with Crippen LogP contribution in [0.4, 0.5) is 13.2 Å². The largest absolute Gasteiger partial charge is 0.453 e. The van der Waals surface area contributed by atoms with E-state index in [2.05, 4.69) is 9.53 Å². The monoisotopic (exact) mass is 270 g/mol. The summed E-state index contributed by atoms with van der Waals surface area (Å²) in [6, 6.07) is 4.53. The zero-order valence-electron chi connectivity index (χ0n) is 9.59. The summed E-state index contributed by atoms with van der Waals surface area (Å²) in [4.78, 5) is 13.2. The fourth-order valence-electron chi connectivity index (χ4n) is 1.18. The number of esters is 1. The molecule has 0 saturated carbocycles. The summed E-state index contributed by atoms with van der Waals surface area (Å²) >= 11 is 0. The minimum absolute atomic E-state index is 0.0775.